The Balaban J connectivity index is 1.89. The highest BCUT2D eigenvalue weighted by Gasteiger charge is 2.40. The summed E-state index contributed by atoms with van der Waals surface area (Å²) in [5.74, 6) is 2.16. The van der Waals surface area contributed by atoms with Crippen molar-refractivity contribution in [2.45, 2.75) is 38.1 Å². The van der Waals surface area contributed by atoms with E-state index < -0.39 is 0 Å². The number of nitrogens with one attached hydrogen (secondary N) is 1. The van der Waals surface area contributed by atoms with Gasteiger partial charge in [0.25, 0.3) is 0 Å². The molecule has 10 heavy (non-hydrogen) atoms. The quantitative estimate of drug-likeness (QED) is 0.584. The maximum Gasteiger partial charge on any atom is 0.00977 e. The molecule has 0 aromatic carbocycles. The first-order valence-electron chi connectivity index (χ1n) is 4.59. The van der Waals surface area contributed by atoms with Gasteiger partial charge in [0.2, 0.25) is 0 Å². The molecule has 0 amide bonds. The van der Waals surface area contributed by atoms with Crippen LogP contribution in [0.5, 0.6) is 0 Å². The lowest BCUT2D eigenvalue weighted by molar-refractivity contribution is 0.0649. The molecule has 0 spiro atoms. The topological polar surface area (TPSA) is 12.0 Å². The summed E-state index contributed by atoms with van der Waals surface area (Å²) < 4.78 is 0. The molecular weight excluding hydrogens is 122 g/mol. The van der Waals surface area contributed by atoms with Crippen molar-refractivity contribution in [3.05, 3.63) is 0 Å². The Bertz CT molecular complexity index is 118. The van der Waals surface area contributed by atoms with Crippen molar-refractivity contribution in [1.82, 2.24) is 5.32 Å². The Morgan fingerprint density at radius 2 is 2.00 bits per heavy atom. The minimum Gasteiger partial charge on any atom is -0.317 e. The average molecular weight is 139 g/mol. The second-order valence-corrected chi connectivity index (χ2v) is 3.84. The van der Waals surface area contributed by atoms with Gasteiger partial charge in [-0.3, -0.25) is 0 Å². The van der Waals surface area contributed by atoms with Gasteiger partial charge in [-0.15, -0.1) is 0 Å². The normalized spacial score (nSPS) is 45.9. The number of rotatable bonds is 1. The van der Waals surface area contributed by atoms with E-state index in [1.54, 1.807) is 0 Å². The van der Waals surface area contributed by atoms with E-state index in [2.05, 4.69) is 12.4 Å². The predicted molar refractivity (Wildman–Crippen MR) is 42.9 cm³/mol. The Kier molecular flexibility index (Phi) is 1.69. The second kappa shape index (κ2) is 2.54. The molecule has 2 aliphatic rings. The van der Waals surface area contributed by atoms with Crippen LogP contribution < -0.4 is 5.32 Å². The number of fused-ring (bicyclic) bond motifs is 1. The second-order valence-electron chi connectivity index (χ2n) is 3.84. The summed E-state index contributed by atoms with van der Waals surface area (Å²) in [6.45, 7) is 0. The zero-order valence-corrected chi connectivity index (χ0v) is 6.77. The molecule has 1 N–H and O–H groups in total. The maximum atomic E-state index is 3.40. The van der Waals surface area contributed by atoms with Crippen LogP contribution >= 0.6 is 0 Å². The third-order valence-corrected chi connectivity index (χ3v) is 3.41. The average Bonchev–Trinajstić information content (AvgIpc) is 1.92. The molecule has 2 rings (SSSR count). The molecule has 1 heteroatoms. The molecule has 0 aliphatic heterocycles. The third kappa shape index (κ3) is 0.878. The van der Waals surface area contributed by atoms with E-state index in [1.165, 1.54) is 32.1 Å². The van der Waals surface area contributed by atoms with E-state index in [9.17, 15) is 0 Å². The van der Waals surface area contributed by atoms with Crippen molar-refractivity contribution >= 4 is 0 Å². The standard InChI is InChI=1S/C9H17N/c1-10-9-6-7-4-2-3-5-8(7)9/h7-10H,2-6H2,1H3. The predicted octanol–water partition coefficient (Wildman–Crippen LogP) is 1.78. The van der Waals surface area contributed by atoms with Crippen LogP contribution in [-0.4, -0.2) is 13.1 Å². The highest BCUT2D eigenvalue weighted by atomic mass is 14.9. The minimum atomic E-state index is 0.880. The van der Waals surface area contributed by atoms with Crippen LogP contribution in [-0.2, 0) is 0 Å². The molecule has 0 heterocycles. The Hall–Kier alpha value is -0.0400. The van der Waals surface area contributed by atoms with E-state index in [0.717, 1.165) is 17.9 Å². The highest BCUT2D eigenvalue weighted by molar-refractivity contribution is 4.95. The van der Waals surface area contributed by atoms with Gasteiger partial charge in [-0.2, -0.15) is 0 Å². The van der Waals surface area contributed by atoms with Crippen molar-refractivity contribution in [3.8, 4) is 0 Å². The summed E-state index contributed by atoms with van der Waals surface area (Å²) in [5.41, 5.74) is 0. The van der Waals surface area contributed by atoms with Gasteiger partial charge in [0, 0.05) is 6.04 Å². The van der Waals surface area contributed by atoms with Crippen LogP contribution in [0.15, 0.2) is 0 Å². The third-order valence-electron chi connectivity index (χ3n) is 3.41. The summed E-state index contributed by atoms with van der Waals surface area (Å²) in [6.07, 6.45) is 7.46. The van der Waals surface area contributed by atoms with Crippen LogP contribution in [0.3, 0.4) is 0 Å². The summed E-state index contributed by atoms with van der Waals surface area (Å²) in [6, 6.07) is 0.880. The summed E-state index contributed by atoms with van der Waals surface area (Å²) in [5, 5.41) is 3.40. The minimum absolute atomic E-state index is 0.880. The van der Waals surface area contributed by atoms with Gasteiger partial charge in [-0.05, 0) is 31.7 Å². The van der Waals surface area contributed by atoms with Crippen LogP contribution in [0, 0.1) is 11.8 Å². The van der Waals surface area contributed by atoms with Crippen LogP contribution in [0.1, 0.15) is 32.1 Å². The molecule has 0 saturated heterocycles. The molecule has 3 unspecified atom stereocenters. The van der Waals surface area contributed by atoms with E-state index in [1.807, 2.05) is 0 Å². The van der Waals surface area contributed by atoms with Gasteiger partial charge < -0.3 is 5.32 Å². The van der Waals surface area contributed by atoms with Gasteiger partial charge in [0.15, 0.2) is 0 Å². The fourth-order valence-electron chi connectivity index (χ4n) is 2.70. The fraction of sp³-hybridized carbons (Fsp3) is 1.00. The number of hydrogen-bond acceptors (Lipinski definition) is 1. The van der Waals surface area contributed by atoms with Crippen molar-refractivity contribution in [2.24, 2.45) is 11.8 Å². The summed E-state index contributed by atoms with van der Waals surface area (Å²) >= 11 is 0. The molecule has 2 fully saturated rings. The van der Waals surface area contributed by atoms with Crippen LogP contribution in [0.4, 0.5) is 0 Å². The SMILES string of the molecule is CNC1CC2CCCCC21. The summed E-state index contributed by atoms with van der Waals surface area (Å²) in [7, 11) is 2.11. The van der Waals surface area contributed by atoms with Gasteiger partial charge in [-0.25, -0.2) is 0 Å². The Morgan fingerprint density at radius 1 is 1.20 bits per heavy atom. The van der Waals surface area contributed by atoms with Crippen molar-refractivity contribution < 1.29 is 0 Å². The van der Waals surface area contributed by atoms with Gasteiger partial charge in [0.05, 0.1) is 0 Å². The van der Waals surface area contributed by atoms with Gasteiger partial charge in [0.1, 0.15) is 0 Å². The Morgan fingerprint density at radius 3 is 2.70 bits per heavy atom. The van der Waals surface area contributed by atoms with E-state index in [0.29, 0.717) is 0 Å². The van der Waals surface area contributed by atoms with Crippen LogP contribution in [0.2, 0.25) is 0 Å². The van der Waals surface area contributed by atoms with Crippen molar-refractivity contribution in [2.75, 3.05) is 7.05 Å². The Labute approximate surface area is 63.2 Å². The lowest BCUT2D eigenvalue weighted by Crippen LogP contribution is -2.50. The zero-order valence-electron chi connectivity index (χ0n) is 6.77. The van der Waals surface area contributed by atoms with Crippen molar-refractivity contribution in [3.63, 3.8) is 0 Å². The lowest BCUT2D eigenvalue weighted by Gasteiger charge is -2.47. The zero-order chi connectivity index (χ0) is 6.97. The largest absolute Gasteiger partial charge is 0.317 e. The fourth-order valence-corrected chi connectivity index (χ4v) is 2.70. The molecule has 2 aliphatic carbocycles. The number of hydrogen-bond donors (Lipinski definition) is 1. The van der Waals surface area contributed by atoms with E-state index in [-0.39, 0.29) is 0 Å². The highest BCUT2D eigenvalue weighted by Crippen LogP contribution is 2.44. The molecular formula is C9H17N. The van der Waals surface area contributed by atoms with Gasteiger partial charge >= 0.3 is 0 Å². The molecule has 2 saturated carbocycles. The monoisotopic (exact) mass is 139 g/mol. The van der Waals surface area contributed by atoms with Crippen molar-refractivity contribution in [1.29, 1.82) is 0 Å². The maximum absolute atomic E-state index is 3.40. The molecule has 0 aromatic rings. The molecule has 58 valence electrons. The first kappa shape index (κ1) is 6.66. The van der Waals surface area contributed by atoms with Crippen LogP contribution in [0.25, 0.3) is 0 Å². The van der Waals surface area contributed by atoms with Gasteiger partial charge in [-0.1, -0.05) is 19.3 Å². The molecule has 0 radical (unpaired) electrons. The molecule has 0 bridgehead atoms. The molecule has 3 atom stereocenters. The molecule has 0 aromatic heterocycles. The lowest BCUT2D eigenvalue weighted by atomic mass is 9.62. The first-order valence-corrected chi connectivity index (χ1v) is 4.59. The molecule has 1 nitrogen and oxygen atoms in total. The first-order chi connectivity index (χ1) is 4.92. The van der Waals surface area contributed by atoms with E-state index in [4.69, 9.17) is 0 Å². The smallest absolute Gasteiger partial charge is 0.00977 e. The van der Waals surface area contributed by atoms with E-state index >= 15 is 0 Å². The summed E-state index contributed by atoms with van der Waals surface area (Å²) in [4.78, 5) is 0.